The fourth-order valence-electron chi connectivity index (χ4n) is 1.38. The third-order valence-electron chi connectivity index (χ3n) is 2.04. The standard InChI is InChI=1S/C13H10O/c1-2-9-14-13-8-7-11-5-3-4-6-12(11)10-13/h1,3-8,10H,9H2. The molecule has 68 valence electrons. The second-order valence-electron chi connectivity index (χ2n) is 3.00. The molecule has 0 aliphatic heterocycles. The largest absolute Gasteiger partial charge is 0.481 e. The van der Waals surface area contributed by atoms with E-state index in [1.165, 1.54) is 10.8 Å². The first-order valence-electron chi connectivity index (χ1n) is 4.45. The Morgan fingerprint density at radius 1 is 1.07 bits per heavy atom. The average molecular weight is 182 g/mol. The van der Waals surface area contributed by atoms with Gasteiger partial charge in [0.05, 0.1) is 0 Å². The molecule has 0 saturated carbocycles. The molecule has 0 N–H and O–H groups in total. The maximum Gasteiger partial charge on any atom is 0.148 e. The number of benzene rings is 2. The quantitative estimate of drug-likeness (QED) is 0.649. The van der Waals surface area contributed by atoms with E-state index in [0.717, 1.165) is 5.75 Å². The second kappa shape index (κ2) is 3.85. The summed E-state index contributed by atoms with van der Waals surface area (Å²) < 4.78 is 5.33. The number of hydrogen-bond donors (Lipinski definition) is 0. The minimum atomic E-state index is 0.318. The van der Waals surface area contributed by atoms with Crippen LogP contribution in [0.15, 0.2) is 42.5 Å². The first-order chi connectivity index (χ1) is 6.90. The molecule has 0 aliphatic rings. The van der Waals surface area contributed by atoms with Crippen molar-refractivity contribution in [2.75, 3.05) is 6.61 Å². The zero-order chi connectivity index (χ0) is 9.80. The maximum absolute atomic E-state index is 5.33. The van der Waals surface area contributed by atoms with Crippen LogP contribution in [0.2, 0.25) is 0 Å². The van der Waals surface area contributed by atoms with Crippen molar-refractivity contribution < 1.29 is 4.74 Å². The molecule has 1 heteroatoms. The monoisotopic (exact) mass is 182 g/mol. The van der Waals surface area contributed by atoms with Crippen molar-refractivity contribution in [2.45, 2.75) is 0 Å². The predicted octanol–water partition coefficient (Wildman–Crippen LogP) is 2.85. The van der Waals surface area contributed by atoms with Crippen LogP contribution in [0.1, 0.15) is 0 Å². The molecule has 0 unspecified atom stereocenters. The number of fused-ring (bicyclic) bond motifs is 1. The average Bonchev–Trinajstić information content (AvgIpc) is 2.26. The van der Waals surface area contributed by atoms with Crippen molar-refractivity contribution in [2.24, 2.45) is 0 Å². The Morgan fingerprint density at radius 2 is 1.86 bits per heavy atom. The molecule has 0 radical (unpaired) electrons. The molecule has 0 atom stereocenters. The van der Waals surface area contributed by atoms with Crippen LogP contribution < -0.4 is 4.74 Å². The predicted molar refractivity (Wildman–Crippen MR) is 58.3 cm³/mol. The number of terminal acetylenes is 1. The molecule has 0 heterocycles. The summed E-state index contributed by atoms with van der Waals surface area (Å²) in [6.07, 6.45) is 5.11. The van der Waals surface area contributed by atoms with E-state index in [1.807, 2.05) is 30.3 Å². The Labute approximate surface area is 83.3 Å². The van der Waals surface area contributed by atoms with E-state index in [1.54, 1.807) is 0 Å². The van der Waals surface area contributed by atoms with Gasteiger partial charge in [0.1, 0.15) is 12.4 Å². The first kappa shape index (κ1) is 8.65. The topological polar surface area (TPSA) is 9.23 Å². The van der Waals surface area contributed by atoms with Gasteiger partial charge in [0, 0.05) is 0 Å². The highest BCUT2D eigenvalue weighted by Crippen LogP contribution is 2.20. The van der Waals surface area contributed by atoms with E-state index in [0.29, 0.717) is 6.61 Å². The Bertz CT molecular complexity index is 480. The van der Waals surface area contributed by atoms with E-state index in [2.05, 4.69) is 18.1 Å². The first-order valence-corrected chi connectivity index (χ1v) is 4.45. The van der Waals surface area contributed by atoms with Crippen LogP contribution in [0.5, 0.6) is 5.75 Å². The zero-order valence-electron chi connectivity index (χ0n) is 7.73. The minimum Gasteiger partial charge on any atom is -0.481 e. The van der Waals surface area contributed by atoms with Gasteiger partial charge >= 0.3 is 0 Å². The molecule has 0 saturated heterocycles. The molecule has 0 aromatic heterocycles. The molecule has 0 spiro atoms. The van der Waals surface area contributed by atoms with Crippen molar-refractivity contribution >= 4 is 10.8 Å². The van der Waals surface area contributed by atoms with Crippen LogP contribution in [-0.4, -0.2) is 6.61 Å². The molecule has 0 amide bonds. The molecule has 0 bridgehead atoms. The summed E-state index contributed by atoms with van der Waals surface area (Å²) in [5.41, 5.74) is 0. The normalized spacial score (nSPS) is 9.64. The molecule has 0 fully saturated rings. The zero-order valence-corrected chi connectivity index (χ0v) is 7.73. The van der Waals surface area contributed by atoms with Crippen LogP contribution in [0, 0.1) is 12.3 Å². The van der Waals surface area contributed by atoms with Gasteiger partial charge < -0.3 is 4.74 Å². The smallest absolute Gasteiger partial charge is 0.148 e. The summed E-state index contributed by atoms with van der Waals surface area (Å²) in [4.78, 5) is 0. The van der Waals surface area contributed by atoms with Crippen LogP contribution in [-0.2, 0) is 0 Å². The molecule has 2 aromatic rings. The highest BCUT2D eigenvalue weighted by atomic mass is 16.5. The Balaban J connectivity index is 2.37. The Morgan fingerprint density at radius 3 is 2.64 bits per heavy atom. The van der Waals surface area contributed by atoms with Crippen LogP contribution in [0.25, 0.3) is 10.8 Å². The van der Waals surface area contributed by atoms with Crippen molar-refractivity contribution in [3.05, 3.63) is 42.5 Å². The molecule has 14 heavy (non-hydrogen) atoms. The van der Waals surface area contributed by atoms with Crippen LogP contribution >= 0.6 is 0 Å². The lowest BCUT2D eigenvalue weighted by atomic mass is 10.1. The lowest BCUT2D eigenvalue weighted by Gasteiger charge is -2.03. The van der Waals surface area contributed by atoms with E-state index in [4.69, 9.17) is 11.2 Å². The van der Waals surface area contributed by atoms with Gasteiger partial charge in [-0.3, -0.25) is 0 Å². The van der Waals surface area contributed by atoms with Crippen molar-refractivity contribution in [3.8, 4) is 18.1 Å². The molecule has 1 nitrogen and oxygen atoms in total. The summed E-state index contributed by atoms with van der Waals surface area (Å²) in [6, 6.07) is 14.1. The van der Waals surface area contributed by atoms with Gasteiger partial charge in [-0.25, -0.2) is 0 Å². The van der Waals surface area contributed by atoms with Crippen molar-refractivity contribution in [1.29, 1.82) is 0 Å². The summed E-state index contributed by atoms with van der Waals surface area (Å²) in [6.45, 7) is 0.318. The third-order valence-corrected chi connectivity index (χ3v) is 2.04. The van der Waals surface area contributed by atoms with Gasteiger partial charge in [-0.1, -0.05) is 36.3 Å². The minimum absolute atomic E-state index is 0.318. The molecular formula is C13H10O. The summed E-state index contributed by atoms with van der Waals surface area (Å²) >= 11 is 0. The summed E-state index contributed by atoms with van der Waals surface area (Å²) in [5, 5.41) is 2.38. The Kier molecular flexibility index (Phi) is 2.38. The van der Waals surface area contributed by atoms with E-state index < -0.39 is 0 Å². The van der Waals surface area contributed by atoms with Gasteiger partial charge in [0.2, 0.25) is 0 Å². The lowest BCUT2D eigenvalue weighted by Crippen LogP contribution is -1.92. The third kappa shape index (κ3) is 1.70. The SMILES string of the molecule is C#CCOc1ccc2ccccc2c1. The fraction of sp³-hybridized carbons (Fsp3) is 0.0769. The summed E-state index contributed by atoms with van der Waals surface area (Å²) in [5.74, 6) is 3.26. The van der Waals surface area contributed by atoms with Crippen LogP contribution in [0.4, 0.5) is 0 Å². The highest BCUT2D eigenvalue weighted by molar-refractivity contribution is 5.83. The van der Waals surface area contributed by atoms with Gasteiger partial charge in [0.25, 0.3) is 0 Å². The van der Waals surface area contributed by atoms with Gasteiger partial charge in [-0.2, -0.15) is 0 Å². The molecular weight excluding hydrogens is 172 g/mol. The lowest BCUT2D eigenvalue weighted by molar-refractivity contribution is 0.371. The second-order valence-corrected chi connectivity index (χ2v) is 3.00. The van der Waals surface area contributed by atoms with E-state index in [-0.39, 0.29) is 0 Å². The van der Waals surface area contributed by atoms with Gasteiger partial charge in [-0.15, -0.1) is 6.42 Å². The molecule has 0 aliphatic carbocycles. The molecule has 2 rings (SSSR count). The number of ether oxygens (including phenoxy) is 1. The fourth-order valence-corrected chi connectivity index (χ4v) is 1.38. The number of hydrogen-bond acceptors (Lipinski definition) is 1. The van der Waals surface area contributed by atoms with Gasteiger partial charge in [-0.05, 0) is 22.9 Å². The van der Waals surface area contributed by atoms with E-state index in [9.17, 15) is 0 Å². The van der Waals surface area contributed by atoms with Gasteiger partial charge in [0.15, 0.2) is 0 Å². The Hall–Kier alpha value is -1.94. The highest BCUT2D eigenvalue weighted by Gasteiger charge is 1.95. The maximum atomic E-state index is 5.33. The van der Waals surface area contributed by atoms with Crippen molar-refractivity contribution in [3.63, 3.8) is 0 Å². The van der Waals surface area contributed by atoms with Crippen LogP contribution in [0.3, 0.4) is 0 Å². The van der Waals surface area contributed by atoms with E-state index >= 15 is 0 Å². The molecule has 2 aromatic carbocycles. The summed E-state index contributed by atoms with van der Waals surface area (Å²) in [7, 11) is 0. The number of rotatable bonds is 2. The van der Waals surface area contributed by atoms with Crippen molar-refractivity contribution in [1.82, 2.24) is 0 Å².